The third-order valence-electron chi connectivity index (χ3n) is 3.59. The van der Waals surface area contributed by atoms with E-state index >= 15 is 0 Å². The fourth-order valence-corrected chi connectivity index (χ4v) is 2.39. The van der Waals surface area contributed by atoms with Crippen molar-refractivity contribution < 1.29 is 9.47 Å². The monoisotopic (exact) mass is 280 g/mol. The van der Waals surface area contributed by atoms with Crippen LogP contribution in [0.3, 0.4) is 0 Å². The zero-order valence-corrected chi connectivity index (χ0v) is 13.6. The van der Waals surface area contributed by atoms with E-state index < -0.39 is 0 Å². The van der Waals surface area contributed by atoms with Crippen molar-refractivity contribution in [1.29, 1.82) is 0 Å². The molecule has 4 heteroatoms. The third-order valence-corrected chi connectivity index (χ3v) is 3.59. The minimum atomic E-state index is 0.520. The van der Waals surface area contributed by atoms with Gasteiger partial charge < -0.3 is 19.7 Å². The number of hydrogen-bond acceptors (Lipinski definition) is 4. The molecule has 114 valence electrons. The topological polar surface area (TPSA) is 33.7 Å². The quantitative estimate of drug-likeness (QED) is 0.793. The molecule has 0 fully saturated rings. The standard InChI is InChI=1S/C16H28N2O2/c1-12(2)15(18(3)4)11-17-10-13-9-14(19-5)7-8-16(13)20-6/h7-9,12,15,17H,10-11H2,1-6H3. The maximum Gasteiger partial charge on any atom is 0.123 e. The predicted octanol–water partition coefficient (Wildman–Crippen LogP) is 2.38. The summed E-state index contributed by atoms with van der Waals surface area (Å²) in [5, 5.41) is 3.51. The molecule has 1 aromatic carbocycles. The summed E-state index contributed by atoms with van der Waals surface area (Å²) in [4.78, 5) is 2.26. The first-order valence-corrected chi connectivity index (χ1v) is 7.07. The van der Waals surface area contributed by atoms with Crippen LogP contribution < -0.4 is 14.8 Å². The number of rotatable bonds is 8. The molecule has 20 heavy (non-hydrogen) atoms. The molecule has 0 aromatic heterocycles. The number of ether oxygens (including phenoxy) is 2. The van der Waals surface area contributed by atoms with Crippen molar-refractivity contribution in [2.75, 3.05) is 34.9 Å². The number of hydrogen-bond donors (Lipinski definition) is 1. The Balaban J connectivity index is 2.64. The van der Waals surface area contributed by atoms with Gasteiger partial charge in [0.25, 0.3) is 0 Å². The highest BCUT2D eigenvalue weighted by Gasteiger charge is 2.15. The van der Waals surface area contributed by atoms with Crippen LogP contribution in [0.4, 0.5) is 0 Å². The van der Waals surface area contributed by atoms with Crippen LogP contribution in [0.5, 0.6) is 11.5 Å². The van der Waals surface area contributed by atoms with Crippen molar-refractivity contribution in [1.82, 2.24) is 10.2 Å². The van der Waals surface area contributed by atoms with Gasteiger partial charge in [-0.3, -0.25) is 0 Å². The first-order valence-electron chi connectivity index (χ1n) is 7.07. The van der Waals surface area contributed by atoms with Crippen LogP contribution in [0.15, 0.2) is 18.2 Å². The normalized spacial score (nSPS) is 12.8. The highest BCUT2D eigenvalue weighted by molar-refractivity contribution is 5.40. The van der Waals surface area contributed by atoms with Crippen LogP contribution >= 0.6 is 0 Å². The molecular formula is C16H28N2O2. The van der Waals surface area contributed by atoms with Crippen molar-refractivity contribution >= 4 is 0 Å². The Labute approximate surface area is 123 Å². The molecule has 0 aliphatic carbocycles. The van der Waals surface area contributed by atoms with Crippen molar-refractivity contribution in [3.63, 3.8) is 0 Å². The van der Waals surface area contributed by atoms with E-state index in [0.29, 0.717) is 12.0 Å². The average molecular weight is 280 g/mol. The predicted molar refractivity (Wildman–Crippen MR) is 83.6 cm³/mol. The maximum atomic E-state index is 5.39. The lowest BCUT2D eigenvalue weighted by Crippen LogP contribution is -2.41. The zero-order valence-electron chi connectivity index (χ0n) is 13.6. The second-order valence-electron chi connectivity index (χ2n) is 5.58. The van der Waals surface area contributed by atoms with Crippen LogP contribution in [0.1, 0.15) is 19.4 Å². The lowest BCUT2D eigenvalue weighted by molar-refractivity contribution is 0.224. The number of benzene rings is 1. The third kappa shape index (κ3) is 4.69. The zero-order chi connectivity index (χ0) is 15.1. The van der Waals surface area contributed by atoms with E-state index in [1.165, 1.54) is 0 Å². The van der Waals surface area contributed by atoms with Gasteiger partial charge in [0.1, 0.15) is 11.5 Å². The number of likely N-dealkylation sites (N-methyl/N-ethyl adjacent to an activating group) is 1. The molecule has 1 N–H and O–H groups in total. The molecule has 1 atom stereocenters. The highest BCUT2D eigenvalue weighted by atomic mass is 16.5. The summed E-state index contributed by atoms with van der Waals surface area (Å²) in [5.41, 5.74) is 1.12. The Morgan fingerprint density at radius 3 is 2.35 bits per heavy atom. The summed E-state index contributed by atoms with van der Waals surface area (Å²) < 4.78 is 10.7. The SMILES string of the molecule is COc1ccc(OC)c(CNCC(C(C)C)N(C)C)c1. The molecule has 0 bridgehead atoms. The minimum Gasteiger partial charge on any atom is -0.497 e. The van der Waals surface area contributed by atoms with Crippen molar-refractivity contribution in [3.05, 3.63) is 23.8 Å². The second kappa shape index (κ2) is 8.12. The molecule has 4 nitrogen and oxygen atoms in total. The molecule has 0 saturated carbocycles. The van der Waals surface area contributed by atoms with E-state index in [9.17, 15) is 0 Å². The van der Waals surface area contributed by atoms with Gasteiger partial charge in [-0.2, -0.15) is 0 Å². The van der Waals surface area contributed by atoms with Crippen LogP contribution in [0.25, 0.3) is 0 Å². The minimum absolute atomic E-state index is 0.520. The Morgan fingerprint density at radius 2 is 1.85 bits per heavy atom. The summed E-state index contributed by atoms with van der Waals surface area (Å²) in [7, 11) is 7.62. The van der Waals surface area contributed by atoms with Crippen molar-refractivity contribution in [3.8, 4) is 11.5 Å². The average Bonchev–Trinajstić information content (AvgIpc) is 2.42. The van der Waals surface area contributed by atoms with E-state index in [4.69, 9.17) is 9.47 Å². The molecule has 1 rings (SSSR count). The number of nitrogens with one attached hydrogen (secondary N) is 1. The largest absolute Gasteiger partial charge is 0.497 e. The van der Waals surface area contributed by atoms with Crippen molar-refractivity contribution in [2.45, 2.75) is 26.4 Å². The fourth-order valence-electron chi connectivity index (χ4n) is 2.39. The van der Waals surface area contributed by atoms with E-state index in [-0.39, 0.29) is 0 Å². The Hall–Kier alpha value is -1.26. The van der Waals surface area contributed by atoms with Crippen LogP contribution in [0.2, 0.25) is 0 Å². The van der Waals surface area contributed by atoms with Gasteiger partial charge in [0.2, 0.25) is 0 Å². The first-order chi connectivity index (χ1) is 9.49. The Kier molecular flexibility index (Phi) is 6.82. The lowest BCUT2D eigenvalue weighted by atomic mass is 10.0. The van der Waals surface area contributed by atoms with E-state index in [1.807, 2.05) is 18.2 Å². The molecule has 1 unspecified atom stereocenters. The van der Waals surface area contributed by atoms with Gasteiger partial charge in [-0.15, -0.1) is 0 Å². The summed E-state index contributed by atoms with van der Waals surface area (Å²) in [5.74, 6) is 2.37. The van der Waals surface area contributed by atoms with E-state index in [0.717, 1.165) is 30.2 Å². The fraction of sp³-hybridized carbons (Fsp3) is 0.625. The van der Waals surface area contributed by atoms with E-state index in [2.05, 4.69) is 38.2 Å². The maximum absolute atomic E-state index is 5.39. The molecule has 0 amide bonds. The van der Waals surface area contributed by atoms with Gasteiger partial charge in [0.05, 0.1) is 14.2 Å². The molecule has 1 aromatic rings. The summed E-state index contributed by atoms with van der Waals surface area (Å²) in [6.07, 6.45) is 0. The number of methoxy groups -OCH3 is 2. The molecule has 0 saturated heterocycles. The molecule has 0 aliphatic heterocycles. The van der Waals surface area contributed by atoms with Gasteiger partial charge in [0, 0.05) is 24.7 Å². The Morgan fingerprint density at radius 1 is 1.15 bits per heavy atom. The van der Waals surface area contributed by atoms with Gasteiger partial charge in [-0.25, -0.2) is 0 Å². The van der Waals surface area contributed by atoms with Gasteiger partial charge in [-0.1, -0.05) is 13.8 Å². The van der Waals surface area contributed by atoms with Gasteiger partial charge in [0.15, 0.2) is 0 Å². The van der Waals surface area contributed by atoms with Crippen LogP contribution in [0, 0.1) is 5.92 Å². The molecule has 0 aliphatic rings. The van der Waals surface area contributed by atoms with Crippen molar-refractivity contribution in [2.24, 2.45) is 5.92 Å². The summed E-state index contributed by atoms with van der Waals surface area (Å²) >= 11 is 0. The molecule has 0 heterocycles. The molecular weight excluding hydrogens is 252 g/mol. The summed E-state index contributed by atoms with van der Waals surface area (Å²) in [6.45, 7) is 6.22. The molecule has 0 radical (unpaired) electrons. The van der Waals surface area contributed by atoms with Gasteiger partial charge in [-0.05, 0) is 38.2 Å². The lowest BCUT2D eigenvalue weighted by Gasteiger charge is -2.28. The van der Waals surface area contributed by atoms with Gasteiger partial charge >= 0.3 is 0 Å². The van der Waals surface area contributed by atoms with E-state index in [1.54, 1.807) is 14.2 Å². The van der Waals surface area contributed by atoms with Crippen LogP contribution in [-0.4, -0.2) is 45.8 Å². The van der Waals surface area contributed by atoms with Crippen LogP contribution in [-0.2, 0) is 6.54 Å². The smallest absolute Gasteiger partial charge is 0.123 e. The highest BCUT2D eigenvalue weighted by Crippen LogP contribution is 2.23. The first kappa shape index (κ1) is 16.8. The Bertz CT molecular complexity index is 397. The summed E-state index contributed by atoms with van der Waals surface area (Å²) in [6, 6.07) is 6.40. The number of nitrogens with zero attached hydrogens (tertiary/aromatic N) is 1. The molecule has 0 spiro atoms. The second-order valence-corrected chi connectivity index (χ2v) is 5.58.